The Labute approximate surface area is 253 Å². The van der Waals surface area contributed by atoms with E-state index in [9.17, 15) is 29.6 Å². The maximum Gasteiger partial charge on any atom is 0.325 e. The van der Waals surface area contributed by atoms with E-state index in [1.54, 1.807) is 0 Å². The number of carbonyl (C=O) groups is 3. The second kappa shape index (κ2) is 11.7. The summed E-state index contributed by atoms with van der Waals surface area (Å²) in [5.74, 6) is -4.38. The lowest BCUT2D eigenvalue weighted by atomic mass is 9.76. The van der Waals surface area contributed by atoms with Gasteiger partial charge < -0.3 is 5.11 Å². The number of fused-ring (bicyclic) bond motifs is 1. The molecule has 2 heterocycles. The van der Waals surface area contributed by atoms with Crippen LogP contribution in [0.1, 0.15) is 33.9 Å². The number of aliphatic carboxylic acids is 1. The first kappa shape index (κ1) is 28.7. The number of nitro benzene ring substituents is 1. The lowest BCUT2D eigenvalue weighted by molar-refractivity contribution is -0.384. The number of carboxylic acid groups (broad SMARTS) is 1. The summed E-state index contributed by atoms with van der Waals surface area (Å²) in [7, 11) is 0. The summed E-state index contributed by atoms with van der Waals surface area (Å²) in [5.41, 5.74) is 1.94. The number of amides is 2. The minimum atomic E-state index is -1.82. The van der Waals surface area contributed by atoms with Crippen molar-refractivity contribution in [1.82, 2.24) is 10.2 Å². The van der Waals surface area contributed by atoms with E-state index < -0.39 is 46.1 Å². The van der Waals surface area contributed by atoms with Gasteiger partial charge in [-0.15, -0.1) is 0 Å². The molecule has 0 aromatic heterocycles. The molecule has 4 unspecified atom stereocenters. The third kappa shape index (κ3) is 5.29. The molecule has 2 saturated heterocycles. The molecule has 0 aliphatic carbocycles. The first-order chi connectivity index (χ1) is 21.3. The van der Waals surface area contributed by atoms with Crippen molar-refractivity contribution in [1.29, 1.82) is 0 Å². The van der Waals surface area contributed by atoms with E-state index >= 15 is 0 Å². The highest BCUT2D eigenvalue weighted by Crippen LogP contribution is 2.50. The second-order valence-corrected chi connectivity index (χ2v) is 11.2. The van der Waals surface area contributed by atoms with E-state index in [-0.39, 0.29) is 18.7 Å². The minimum absolute atomic E-state index is 0.0364. The van der Waals surface area contributed by atoms with Crippen LogP contribution in [-0.2, 0) is 27.3 Å². The normalized spacial score (nSPS) is 22.8. The Morgan fingerprint density at radius 1 is 0.818 bits per heavy atom. The number of nitro groups is 1. The highest BCUT2D eigenvalue weighted by Gasteiger charge is 2.68. The molecule has 0 spiro atoms. The summed E-state index contributed by atoms with van der Waals surface area (Å²) in [4.78, 5) is 53.0. The first-order valence-electron chi connectivity index (χ1n) is 14.2. The third-order valence-corrected chi connectivity index (χ3v) is 8.50. The fourth-order valence-electron chi connectivity index (χ4n) is 6.33. The van der Waals surface area contributed by atoms with Crippen molar-refractivity contribution in [2.24, 2.45) is 11.8 Å². The van der Waals surface area contributed by atoms with E-state index in [1.807, 2.05) is 97.1 Å². The molecule has 220 valence electrons. The Morgan fingerprint density at radius 2 is 1.41 bits per heavy atom. The molecule has 2 aliphatic heterocycles. The largest absolute Gasteiger partial charge is 0.480 e. The number of rotatable bonds is 9. The topological polar surface area (TPSA) is 130 Å². The number of carboxylic acids is 1. The fraction of sp³-hybridized carbons (Fsp3) is 0.171. The molecule has 0 radical (unpaired) electrons. The molecule has 4 atom stereocenters. The molecule has 2 amide bonds. The van der Waals surface area contributed by atoms with Gasteiger partial charge in [0.25, 0.3) is 5.69 Å². The number of likely N-dealkylation sites (tertiary alicyclic amines) is 1. The molecule has 0 saturated carbocycles. The second-order valence-electron chi connectivity index (χ2n) is 11.2. The van der Waals surface area contributed by atoms with Crippen LogP contribution in [0.3, 0.4) is 0 Å². The van der Waals surface area contributed by atoms with E-state index in [0.717, 1.165) is 16.7 Å². The zero-order valence-corrected chi connectivity index (χ0v) is 23.6. The lowest BCUT2D eigenvalue weighted by Crippen LogP contribution is -2.57. The summed E-state index contributed by atoms with van der Waals surface area (Å²) in [6, 6.07) is 31.3. The molecule has 4 aromatic carbocycles. The van der Waals surface area contributed by atoms with Gasteiger partial charge in [-0.1, -0.05) is 109 Å². The minimum Gasteiger partial charge on any atom is -0.480 e. The van der Waals surface area contributed by atoms with Crippen molar-refractivity contribution < 1.29 is 24.4 Å². The van der Waals surface area contributed by atoms with Crippen molar-refractivity contribution in [3.05, 3.63) is 147 Å². The number of carbonyl (C=O) groups excluding carboxylic acids is 2. The summed E-state index contributed by atoms with van der Waals surface area (Å²) in [6.45, 7) is 0.0364. The molecule has 0 bridgehead atoms. The summed E-state index contributed by atoms with van der Waals surface area (Å²) in [5, 5.41) is 25.1. The zero-order chi connectivity index (χ0) is 30.8. The maximum atomic E-state index is 14.0. The van der Waals surface area contributed by atoms with Gasteiger partial charge in [-0.05, 0) is 27.8 Å². The number of hydrogen-bond acceptors (Lipinski definition) is 6. The number of nitrogens with one attached hydrogen (secondary N) is 1. The SMILES string of the molecule is O=C1C2C(c3ccc(C=Cc4ccccc4)cc3)NC(Cc3ccc([N+](=O)[O-])cc3)(C(=O)O)C2C(=O)N1Cc1ccccc1. The highest BCUT2D eigenvalue weighted by atomic mass is 16.6. The quantitative estimate of drug-likeness (QED) is 0.118. The average molecular weight is 588 g/mol. The van der Waals surface area contributed by atoms with Gasteiger partial charge in [0.05, 0.1) is 23.3 Å². The Hall–Kier alpha value is -5.41. The van der Waals surface area contributed by atoms with Crippen LogP contribution in [0.15, 0.2) is 109 Å². The molecule has 44 heavy (non-hydrogen) atoms. The third-order valence-electron chi connectivity index (χ3n) is 8.50. The molecule has 2 N–H and O–H groups in total. The smallest absolute Gasteiger partial charge is 0.325 e. The highest BCUT2D eigenvalue weighted by molar-refractivity contribution is 6.09. The lowest BCUT2D eigenvalue weighted by Gasteiger charge is -2.31. The zero-order valence-electron chi connectivity index (χ0n) is 23.6. The number of imide groups is 1. The van der Waals surface area contributed by atoms with E-state index in [1.165, 1.54) is 29.2 Å². The number of benzene rings is 4. The van der Waals surface area contributed by atoms with Crippen molar-refractivity contribution in [3.8, 4) is 0 Å². The first-order valence-corrected chi connectivity index (χ1v) is 14.2. The van der Waals surface area contributed by atoms with Gasteiger partial charge in [0.2, 0.25) is 11.8 Å². The van der Waals surface area contributed by atoms with E-state index in [4.69, 9.17) is 0 Å². The van der Waals surface area contributed by atoms with Gasteiger partial charge in [0, 0.05) is 24.6 Å². The van der Waals surface area contributed by atoms with Crippen LogP contribution < -0.4 is 5.32 Å². The number of hydrogen-bond donors (Lipinski definition) is 2. The standard InChI is InChI=1S/C35H29N3O6/c39-32-29-30(33(40)37(32)22-26-9-5-2-6-10-26)35(34(41)42,21-25-15-19-28(20-16-25)38(43)44)36-31(29)27-17-13-24(14-18-27)12-11-23-7-3-1-4-8-23/h1-20,29-31,36H,21-22H2,(H,41,42). The van der Waals surface area contributed by atoms with Gasteiger partial charge >= 0.3 is 5.97 Å². The molecular formula is C35H29N3O6. The molecule has 2 aliphatic rings. The van der Waals surface area contributed by atoms with E-state index in [2.05, 4.69) is 5.32 Å². The van der Waals surface area contributed by atoms with Gasteiger partial charge in [-0.2, -0.15) is 0 Å². The van der Waals surface area contributed by atoms with Crippen LogP contribution in [0.4, 0.5) is 5.69 Å². The van der Waals surface area contributed by atoms with Gasteiger partial charge in [0.1, 0.15) is 5.54 Å². The van der Waals surface area contributed by atoms with Gasteiger partial charge in [0.15, 0.2) is 0 Å². The fourth-order valence-corrected chi connectivity index (χ4v) is 6.33. The van der Waals surface area contributed by atoms with Crippen LogP contribution in [0, 0.1) is 22.0 Å². The van der Waals surface area contributed by atoms with Crippen molar-refractivity contribution in [3.63, 3.8) is 0 Å². The average Bonchev–Trinajstić information content (AvgIpc) is 3.51. The van der Waals surface area contributed by atoms with Crippen molar-refractivity contribution in [2.75, 3.05) is 0 Å². The van der Waals surface area contributed by atoms with Crippen LogP contribution in [0.5, 0.6) is 0 Å². The molecule has 4 aromatic rings. The number of nitrogens with zero attached hydrogens (tertiary/aromatic N) is 2. The molecule has 6 rings (SSSR count). The molecule has 9 heteroatoms. The molecule has 9 nitrogen and oxygen atoms in total. The number of non-ortho nitro benzene ring substituents is 1. The predicted octanol–water partition coefficient (Wildman–Crippen LogP) is 5.28. The van der Waals surface area contributed by atoms with Crippen molar-refractivity contribution >= 4 is 35.6 Å². The molecular weight excluding hydrogens is 558 g/mol. The molecule has 2 fully saturated rings. The Balaban J connectivity index is 1.37. The van der Waals surface area contributed by atoms with E-state index in [0.29, 0.717) is 11.1 Å². The predicted molar refractivity (Wildman–Crippen MR) is 164 cm³/mol. The van der Waals surface area contributed by atoms with Crippen LogP contribution in [-0.4, -0.2) is 38.3 Å². The van der Waals surface area contributed by atoms with Crippen LogP contribution in [0.2, 0.25) is 0 Å². The maximum absolute atomic E-state index is 14.0. The van der Waals surface area contributed by atoms with Crippen LogP contribution >= 0.6 is 0 Å². The van der Waals surface area contributed by atoms with Crippen molar-refractivity contribution in [2.45, 2.75) is 24.5 Å². The Morgan fingerprint density at radius 3 is 2.00 bits per heavy atom. The summed E-state index contributed by atoms with van der Waals surface area (Å²) >= 11 is 0. The monoisotopic (exact) mass is 587 g/mol. The van der Waals surface area contributed by atoms with Gasteiger partial charge in [-0.25, -0.2) is 0 Å². The summed E-state index contributed by atoms with van der Waals surface area (Å²) in [6.07, 6.45) is 3.80. The van der Waals surface area contributed by atoms with Crippen LogP contribution in [0.25, 0.3) is 12.2 Å². The van der Waals surface area contributed by atoms with Gasteiger partial charge in [-0.3, -0.25) is 34.7 Å². The summed E-state index contributed by atoms with van der Waals surface area (Å²) < 4.78 is 0. The Bertz CT molecular complexity index is 1740. The Kier molecular flexibility index (Phi) is 7.63.